The number of nitrogens with one attached hydrogen (secondary N) is 1. The lowest BCUT2D eigenvalue weighted by Gasteiger charge is -2.39. The maximum atomic E-state index is 12.4. The summed E-state index contributed by atoms with van der Waals surface area (Å²) in [6.45, 7) is 6.34. The maximum Gasteiger partial charge on any atom is 0.311 e. The van der Waals surface area contributed by atoms with Crippen LogP contribution in [0.2, 0.25) is 0 Å². The smallest absolute Gasteiger partial charge is 0.311 e. The van der Waals surface area contributed by atoms with Crippen molar-refractivity contribution >= 4 is 11.9 Å². The number of nitrogens with zero attached hydrogens (tertiary/aromatic N) is 1. The van der Waals surface area contributed by atoms with Gasteiger partial charge in [-0.05, 0) is 13.3 Å². The van der Waals surface area contributed by atoms with Crippen molar-refractivity contribution in [2.24, 2.45) is 5.92 Å². The molecule has 0 aliphatic carbocycles. The first-order valence-electron chi connectivity index (χ1n) is 7.41. The van der Waals surface area contributed by atoms with Crippen LogP contribution in [0.25, 0.3) is 0 Å². The molecule has 2 unspecified atom stereocenters. The number of carbonyl (C=O) groups is 2. The lowest BCUT2D eigenvalue weighted by Crippen LogP contribution is -2.60. The van der Waals surface area contributed by atoms with E-state index in [1.807, 2.05) is 13.8 Å². The Balaban J connectivity index is 1.96. The van der Waals surface area contributed by atoms with Gasteiger partial charge in [0.1, 0.15) is 12.5 Å². The van der Waals surface area contributed by atoms with Crippen molar-refractivity contribution in [3.8, 4) is 0 Å². The molecule has 2 atom stereocenters. The topological polar surface area (TPSA) is 88.1 Å². The lowest BCUT2D eigenvalue weighted by molar-refractivity contribution is -0.151. The van der Waals surface area contributed by atoms with Gasteiger partial charge in [0.2, 0.25) is 5.91 Å². The van der Waals surface area contributed by atoms with Crippen molar-refractivity contribution in [3.05, 3.63) is 0 Å². The highest BCUT2D eigenvalue weighted by Crippen LogP contribution is 2.22. The number of carboxylic acids is 1. The van der Waals surface area contributed by atoms with Crippen molar-refractivity contribution in [2.45, 2.75) is 31.9 Å². The van der Waals surface area contributed by atoms with E-state index in [4.69, 9.17) is 9.47 Å². The van der Waals surface area contributed by atoms with Gasteiger partial charge in [-0.15, -0.1) is 0 Å². The number of hydrogen-bond donors (Lipinski definition) is 2. The van der Waals surface area contributed by atoms with Gasteiger partial charge < -0.3 is 24.8 Å². The van der Waals surface area contributed by atoms with Gasteiger partial charge in [0.15, 0.2) is 0 Å². The van der Waals surface area contributed by atoms with Gasteiger partial charge >= 0.3 is 5.97 Å². The van der Waals surface area contributed by atoms with Gasteiger partial charge in [0.25, 0.3) is 0 Å². The number of aliphatic carboxylic acids is 1. The Bertz CT molecular complexity index is 397. The summed E-state index contributed by atoms with van der Waals surface area (Å²) in [5.74, 6) is -1.73. The van der Waals surface area contributed by atoms with Crippen LogP contribution < -0.4 is 5.32 Å². The van der Waals surface area contributed by atoms with Crippen LogP contribution in [0.5, 0.6) is 0 Å². The molecule has 2 saturated heterocycles. The largest absolute Gasteiger partial charge is 0.481 e. The summed E-state index contributed by atoms with van der Waals surface area (Å²) in [6, 6.07) is -0.397. The molecule has 2 N–H and O–H groups in total. The highest BCUT2D eigenvalue weighted by atomic mass is 16.5. The predicted molar refractivity (Wildman–Crippen MR) is 75.0 cm³/mol. The number of amides is 1. The summed E-state index contributed by atoms with van der Waals surface area (Å²) in [5.41, 5.74) is -0.286. The Hall–Kier alpha value is -1.18. The second-order valence-electron chi connectivity index (χ2n) is 5.98. The molecular weight excluding hydrogens is 276 g/mol. The van der Waals surface area contributed by atoms with Crippen LogP contribution in [0.4, 0.5) is 0 Å². The summed E-state index contributed by atoms with van der Waals surface area (Å²) in [5, 5.41) is 12.3. The zero-order valence-electron chi connectivity index (χ0n) is 12.6. The summed E-state index contributed by atoms with van der Waals surface area (Å²) >= 11 is 0. The summed E-state index contributed by atoms with van der Waals surface area (Å²) in [7, 11) is 0. The van der Waals surface area contributed by atoms with Gasteiger partial charge in [-0.2, -0.15) is 0 Å². The van der Waals surface area contributed by atoms with Crippen LogP contribution in [0, 0.1) is 5.92 Å². The van der Waals surface area contributed by atoms with Crippen molar-refractivity contribution < 1.29 is 24.2 Å². The average molecular weight is 300 g/mol. The van der Waals surface area contributed by atoms with Gasteiger partial charge in [-0.1, -0.05) is 6.92 Å². The van der Waals surface area contributed by atoms with E-state index in [0.29, 0.717) is 6.54 Å². The van der Waals surface area contributed by atoms with Crippen LogP contribution in [0.15, 0.2) is 0 Å². The SMILES string of the molecule is CCCN(C(=O)COC1(C)CNC1)C1COCC1C(=O)O. The van der Waals surface area contributed by atoms with E-state index in [1.54, 1.807) is 4.90 Å². The molecule has 2 aliphatic rings. The van der Waals surface area contributed by atoms with E-state index < -0.39 is 17.9 Å². The van der Waals surface area contributed by atoms with Gasteiger partial charge in [-0.3, -0.25) is 9.59 Å². The Labute approximate surface area is 124 Å². The van der Waals surface area contributed by atoms with E-state index >= 15 is 0 Å². The third kappa shape index (κ3) is 3.72. The Morgan fingerprint density at radius 1 is 1.43 bits per heavy atom. The number of rotatable bonds is 7. The normalized spacial score (nSPS) is 27.1. The van der Waals surface area contributed by atoms with E-state index in [9.17, 15) is 14.7 Å². The quantitative estimate of drug-likeness (QED) is 0.671. The van der Waals surface area contributed by atoms with E-state index in [1.165, 1.54) is 0 Å². The number of ether oxygens (including phenoxy) is 2. The molecule has 0 aromatic rings. The van der Waals surface area contributed by atoms with Crippen molar-refractivity contribution in [1.82, 2.24) is 10.2 Å². The zero-order valence-corrected chi connectivity index (χ0v) is 12.6. The molecule has 0 saturated carbocycles. The van der Waals surface area contributed by atoms with Crippen LogP contribution in [-0.2, 0) is 19.1 Å². The fourth-order valence-electron chi connectivity index (χ4n) is 2.70. The van der Waals surface area contributed by atoms with Gasteiger partial charge in [0, 0.05) is 19.6 Å². The van der Waals surface area contributed by atoms with Gasteiger partial charge in [0.05, 0.1) is 24.9 Å². The molecule has 120 valence electrons. The Morgan fingerprint density at radius 3 is 2.67 bits per heavy atom. The molecule has 2 aliphatic heterocycles. The molecule has 0 bridgehead atoms. The van der Waals surface area contributed by atoms with Crippen LogP contribution >= 0.6 is 0 Å². The number of carboxylic acid groups (broad SMARTS) is 1. The first-order chi connectivity index (χ1) is 9.97. The molecule has 21 heavy (non-hydrogen) atoms. The van der Waals surface area contributed by atoms with Gasteiger partial charge in [-0.25, -0.2) is 0 Å². The molecule has 1 amide bonds. The van der Waals surface area contributed by atoms with Crippen molar-refractivity contribution in [1.29, 1.82) is 0 Å². The third-order valence-corrected chi connectivity index (χ3v) is 4.09. The van der Waals surface area contributed by atoms with E-state index in [-0.39, 0.29) is 31.3 Å². The van der Waals surface area contributed by atoms with E-state index in [0.717, 1.165) is 19.5 Å². The molecule has 2 rings (SSSR count). The van der Waals surface area contributed by atoms with Crippen molar-refractivity contribution in [3.63, 3.8) is 0 Å². The fraction of sp³-hybridized carbons (Fsp3) is 0.857. The summed E-state index contributed by atoms with van der Waals surface area (Å²) in [6.07, 6.45) is 0.771. The highest BCUT2D eigenvalue weighted by Gasteiger charge is 2.40. The molecular formula is C14H24N2O5. The monoisotopic (exact) mass is 300 g/mol. The minimum Gasteiger partial charge on any atom is -0.481 e. The van der Waals surface area contributed by atoms with Crippen LogP contribution in [0.1, 0.15) is 20.3 Å². The Kier molecular flexibility index (Phi) is 5.18. The van der Waals surface area contributed by atoms with Crippen LogP contribution in [0.3, 0.4) is 0 Å². The number of carbonyl (C=O) groups excluding carboxylic acids is 1. The van der Waals surface area contributed by atoms with Crippen LogP contribution in [-0.4, -0.2) is 73.0 Å². The van der Waals surface area contributed by atoms with Crippen molar-refractivity contribution in [2.75, 3.05) is 39.5 Å². The first-order valence-corrected chi connectivity index (χ1v) is 7.41. The maximum absolute atomic E-state index is 12.4. The van der Waals surface area contributed by atoms with E-state index in [2.05, 4.69) is 5.32 Å². The molecule has 2 fully saturated rings. The second-order valence-corrected chi connectivity index (χ2v) is 5.98. The average Bonchev–Trinajstić information content (AvgIpc) is 2.89. The second kappa shape index (κ2) is 6.72. The lowest BCUT2D eigenvalue weighted by atomic mass is 10.00. The highest BCUT2D eigenvalue weighted by molar-refractivity contribution is 5.79. The third-order valence-electron chi connectivity index (χ3n) is 4.09. The molecule has 0 radical (unpaired) electrons. The standard InChI is InChI=1S/C14H24N2O5/c1-3-4-16(11-6-20-5-10(11)13(18)19)12(17)7-21-14(2)8-15-9-14/h10-11,15H,3-9H2,1-2H3,(H,18,19). The minimum absolute atomic E-state index is 0.0129. The number of hydrogen-bond acceptors (Lipinski definition) is 5. The zero-order chi connectivity index (χ0) is 15.5. The summed E-state index contributed by atoms with van der Waals surface area (Å²) < 4.78 is 10.9. The first kappa shape index (κ1) is 16.2. The predicted octanol–water partition coefficient (Wildman–Crippen LogP) is -0.297. The molecule has 0 aromatic carbocycles. The molecule has 2 heterocycles. The molecule has 7 heteroatoms. The molecule has 7 nitrogen and oxygen atoms in total. The fourth-order valence-corrected chi connectivity index (χ4v) is 2.70. The molecule has 0 spiro atoms. The minimum atomic E-state index is -0.914. The summed E-state index contributed by atoms with van der Waals surface area (Å²) in [4.78, 5) is 25.3. The Morgan fingerprint density at radius 2 is 2.14 bits per heavy atom. The molecule has 0 aromatic heterocycles.